The first-order valence-corrected chi connectivity index (χ1v) is 12.6. The van der Waals surface area contributed by atoms with E-state index in [2.05, 4.69) is 20.2 Å². The molecule has 2 unspecified atom stereocenters. The lowest BCUT2D eigenvalue weighted by Gasteiger charge is -2.30. The number of ether oxygens (including phenoxy) is 2. The molecule has 0 aliphatic carbocycles. The molecular formula is C25H31F3N6O5. The lowest BCUT2D eigenvalue weighted by atomic mass is 10.0. The number of hydrogen-bond acceptors (Lipinski definition) is 10. The van der Waals surface area contributed by atoms with Crippen molar-refractivity contribution < 1.29 is 37.3 Å². The predicted molar refractivity (Wildman–Crippen MR) is 136 cm³/mol. The van der Waals surface area contributed by atoms with Gasteiger partial charge in [0.2, 0.25) is 5.95 Å². The molecule has 2 aliphatic heterocycles. The van der Waals surface area contributed by atoms with Gasteiger partial charge in [0.25, 0.3) is 0 Å². The molecule has 2 aliphatic rings. The monoisotopic (exact) mass is 552 g/mol. The number of amides is 1. The van der Waals surface area contributed by atoms with Crippen molar-refractivity contribution in [3.63, 3.8) is 0 Å². The minimum atomic E-state index is -4.48. The molecule has 2 saturated heterocycles. The van der Waals surface area contributed by atoms with Crippen LogP contribution in [0.5, 0.6) is 0 Å². The number of nitrogens with zero attached hydrogens (tertiary/aromatic N) is 4. The van der Waals surface area contributed by atoms with Crippen LogP contribution in [0.3, 0.4) is 0 Å². The van der Waals surface area contributed by atoms with E-state index in [0.29, 0.717) is 55.0 Å². The molecule has 2 aromatic rings. The smallest absolute Gasteiger partial charge is 0.398 e. The van der Waals surface area contributed by atoms with Gasteiger partial charge in [0.05, 0.1) is 31.9 Å². The molecule has 0 bridgehead atoms. The summed E-state index contributed by atoms with van der Waals surface area (Å²) < 4.78 is 50.4. The highest BCUT2D eigenvalue weighted by Gasteiger charge is 2.44. The third kappa shape index (κ3) is 7.06. The number of nitrogens with two attached hydrogens (primary N) is 1. The Balaban J connectivity index is 1.71. The molecule has 11 nitrogen and oxygen atoms in total. The van der Waals surface area contributed by atoms with Crippen molar-refractivity contribution >= 4 is 29.3 Å². The van der Waals surface area contributed by atoms with Crippen molar-refractivity contribution in [1.29, 1.82) is 0 Å². The Morgan fingerprint density at radius 3 is 2.62 bits per heavy atom. The van der Waals surface area contributed by atoms with Gasteiger partial charge < -0.3 is 35.4 Å². The highest BCUT2D eigenvalue weighted by atomic mass is 19.4. The molecule has 1 amide bonds. The average molecular weight is 553 g/mol. The van der Waals surface area contributed by atoms with Gasteiger partial charge in [0, 0.05) is 49.4 Å². The molecule has 1 aromatic carbocycles. The van der Waals surface area contributed by atoms with E-state index in [1.165, 1.54) is 4.90 Å². The van der Waals surface area contributed by atoms with Crippen molar-refractivity contribution in [2.24, 2.45) is 11.7 Å². The number of rotatable bonds is 8. The van der Waals surface area contributed by atoms with Crippen LogP contribution in [0, 0.1) is 12.8 Å². The Morgan fingerprint density at radius 1 is 1.21 bits per heavy atom. The van der Waals surface area contributed by atoms with Gasteiger partial charge in [0.1, 0.15) is 5.82 Å². The van der Waals surface area contributed by atoms with Gasteiger partial charge in [-0.2, -0.15) is 18.2 Å². The van der Waals surface area contributed by atoms with Gasteiger partial charge in [-0.05, 0) is 31.0 Å². The molecule has 14 heteroatoms. The van der Waals surface area contributed by atoms with Gasteiger partial charge >= 0.3 is 18.1 Å². The number of aryl methyl sites for hydroxylation is 1. The van der Waals surface area contributed by atoms with E-state index in [9.17, 15) is 27.9 Å². The largest absolute Gasteiger partial charge is 0.434 e. The molecule has 39 heavy (non-hydrogen) atoms. The summed E-state index contributed by atoms with van der Waals surface area (Å²) in [6, 6.07) is 7.10. The number of hydrogen-bond donors (Lipinski definition) is 3. The van der Waals surface area contributed by atoms with Crippen molar-refractivity contribution in [3.8, 4) is 11.3 Å². The highest BCUT2D eigenvalue weighted by molar-refractivity contribution is 6.31. The van der Waals surface area contributed by atoms with E-state index >= 15 is 0 Å². The number of aliphatic hydroxyl groups is 1. The number of morpholine rings is 1. The maximum Gasteiger partial charge on any atom is 0.398 e. The summed E-state index contributed by atoms with van der Waals surface area (Å²) in [6.45, 7) is 4.54. The van der Waals surface area contributed by atoms with Crippen LogP contribution in [0.25, 0.3) is 11.3 Å². The van der Waals surface area contributed by atoms with E-state index in [0.717, 1.165) is 5.56 Å². The van der Waals surface area contributed by atoms with Gasteiger partial charge in [0.15, 0.2) is 6.23 Å². The number of esters is 1. The zero-order valence-corrected chi connectivity index (χ0v) is 21.4. The third-order valence-electron chi connectivity index (χ3n) is 6.65. The van der Waals surface area contributed by atoms with Crippen LogP contribution in [0.2, 0.25) is 0 Å². The number of carbonyl (C=O) groups is 2. The maximum absolute atomic E-state index is 13.3. The van der Waals surface area contributed by atoms with Crippen LogP contribution >= 0.6 is 0 Å². The van der Waals surface area contributed by atoms with Gasteiger partial charge in [-0.3, -0.25) is 4.79 Å². The van der Waals surface area contributed by atoms with Crippen molar-refractivity contribution in [3.05, 3.63) is 29.8 Å². The molecule has 2 fully saturated rings. The fourth-order valence-corrected chi connectivity index (χ4v) is 4.77. The summed E-state index contributed by atoms with van der Waals surface area (Å²) in [5.41, 5.74) is 7.60. The van der Waals surface area contributed by atoms with Crippen LogP contribution in [-0.2, 0) is 19.1 Å². The second-order valence-corrected chi connectivity index (χ2v) is 9.41. The molecule has 0 saturated carbocycles. The fraction of sp³-hybridized carbons (Fsp3) is 0.520. The number of carbonyl (C=O) groups excluding carboxylic acids is 2. The number of primary amides is 1. The average Bonchev–Trinajstić information content (AvgIpc) is 3.28. The van der Waals surface area contributed by atoms with E-state index < -0.39 is 36.6 Å². The fourth-order valence-electron chi connectivity index (χ4n) is 4.77. The number of alkyl halides is 3. The number of nitrogens with one attached hydrogen (secondary N) is 1. The van der Waals surface area contributed by atoms with Crippen LogP contribution in [0.15, 0.2) is 24.3 Å². The summed E-state index contributed by atoms with van der Waals surface area (Å²) >= 11 is 0. The number of anilines is 3. The summed E-state index contributed by atoms with van der Waals surface area (Å²) in [7, 11) is 0. The lowest BCUT2D eigenvalue weighted by Crippen LogP contribution is -2.41. The number of halogens is 3. The molecule has 4 rings (SSSR count). The molecular weight excluding hydrogens is 521 g/mol. The Labute approximate surface area is 223 Å². The SMILES string of the molecule is Cc1ccc(N2CCC(CC(F)(F)F)C2OC(=O)C(N)=O)cc1-c1cc(N2CCOCC2)nc(NCCO)n1. The summed E-state index contributed by atoms with van der Waals surface area (Å²) in [5, 5.41) is 12.3. The Hall–Kier alpha value is -3.65. The van der Waals surface area contributed by atoms with Crippen LogP contribution in [-0.4, -0.2) is 85.4 Å². The first-order valence-electron chi connectivity index (χ1n) is 12.6. The Morgan fingerprint density at radius 2 is 1.95 bits per heavy atom. The van der Waals surface area contributed by atoms with Crippen LogP contribution in [0.4, 0.5) is 30.6 Å². The predicted octanol–water partition coefficient (Wildman–Crippen LogP) is 1.83. The van der Waals surface area contributed by atoms with Gasteiger partial charge in [-0.15, -0.1) is 0 Å². The first-order chi connectivity index (χ1) is 18.6. The number of aromatic nitrogens is 2. The zero-order chi connectivity index (χ0) is 28.2. The molecule has 0 spiro atoms. The maximum atomic E-state index is 13.3. The Kier molecular flexibility index (Phi) is 8.75. The van der Waals surface area contributed by atoms with E-state index in [1.54, 1.807) is 18.2 Å². The van der Waals surface area contributed by atoms with E-state index in [-0.39, 0.29) is 26.1 Å². The zero-order valence-electron chi connectivity index (χ0n) is 21.4. The number of benzene rings is 1. The first kappa shape index (κ1) is 28.4. The second kappa shape index (κ2) is 12.0. The molecule has 2 atom stereocenters. The van der Waals surface area contributed by atoms with E-state index in [4.69, 9.17) is 15.2 Å². The topological polar surface area (TPSA) is 143 Å². The molecule has 212 valence electrons. The normalized spacial score (nSPS) is 19.7. The minimum Gasteiger partial charge on any atom is -0.434 e. The Bertz CT molecular complexity index is 1190. The van der Waals surface area contributed by atoms with Gasteiger partial charge in [-0.25, -0.2) is 9.78 Å². The number of aliphatic hydroxyl groups excluding tert-OH is 1. The van der Waals surface area contributed by atoms with Crippen LogP contribution in [0.1, 0.15) is 18.4 Å². The van der Waals surface area contributed by atoms with Crippen molar-refractivity contribution in [1.82, 2.24) is 9.97 Å². The van der Waals surface area contributed by atoms with Crippen molar-refractivity contribution in [2.45, 2.75) is 32.2 Å². The quantitative estimate of drug-likeness (QED) is 0.328. The lowest BCUT2D eigenvalue weighted by molar-refractivity contribution is -0.167. The second-order valence-electron chi connectivity index (χ2n) is 9.41. The summed E-state index contributed by atoms with van der Waals surface area (Å²) in [4.78, 5) is 36.1. The standard InChI is InChI=1S/C25H31F3N6O5/c1-15-2-3-17(34-6-4-16(14-25(26,27)28)22(34)39-23(37)21(29)36)12-18(15)19-13-20(33-7-10-38-11-8-33)32-24(31-19)30-5-9-35/h2-3,12-13,16,22,35H,4-11,14H2,1H3,(H2,29,36)(H,30,31,32). The van der Waals surface area contributed by atoms with Gasteiger partial charge in [-0.1, -0.05) is 6.07 Å². The molecule has 3 heterocycles. The van der Waals surface area contributed by atoms with Crippen molar-refractivity contribution in [2.75, 3.05) is 61.1 Å². The summed E-state index contributed by atoms with van der Waals surface area (Å²) in [6.07, 6.45) is -6.87. The van der Waals surface area contributed by atoms with E-state index in [1.807, 2.05) is 13.0 Å². The third-order valence-corrected chi connectivity index (χ3v) is 6.65. The summed E-state index contributed by atoms with van der Waals surface area (Å²) in [5.74, 6) is -2.87. The molecule has 0 radical (unpaired) electrons. The molecule has 4 N–H and O–H groups in total. The highest BCUT2D eigenvalue weighted by Crippen LogP contribution is 2.39. The van der Waals surface area contributed by atoms with Crippen LogP contribution < -0.4 is 20.9 Å². The minimum absolute atomic E-state index is 0.101. The molecule has 1 aromatic heterocycles.